The van der Waals surface area contributed by atoms with Gasteiger partial charge < -0.3 is 57.2 Å². The van der Waals surface area contributed by atoms with E-state index in [0.29, 0.717) is 0 Å². The Kier molecular flexibility index (Phi) is 17.1. The quantitative estimate of drug-likeness (QED) is 0.0426. The Bertz CT molecular complexity index is 2320. The third kappa shape index (κ3) is 11.7. The van der Waals surface area contributed by atoms with Crippen LogP contribution in [0.15, 0.2) is 157 Å². The van der Waals surface area contributed by atoms with Crippen LogP contribution in [0.1, 0.15) is 41.7 Å². The summed E-state index contributed by atoms with van der Waals surface area (Å²) < 4.78 is 73.0. The van der Waals surface area contributed by atoms with Crippen molar-refractivity contribution in [2.45, 2.75) is 126 Å². The molecule has 1 saturated carbocycles. The zero-order valence-electron chi connectivity index (χ0n) is 38.8. The minimum atomic E-state index is -1.48. The summed E-state index contributed by atoms with van der Waals surface area (Å²) in [6, 6.07) is 47.2. The van der Waals surface area contributed by atoms with Crippen LogP contribution < -0.4 is 0 Å². The van der Waals surface area contributed by atoms with E-state index >= 15 is 0 Å². The molecule has 8 rings (SSSR count). The number of azide groups is 1. The number of nitrogens with zero attached hydrogens (tertiary/aromatic N) is 3. The molecule has 1 N–H and O–H groups in total. The summed E-state index contributed by atoms with van der Waals surface area (Å²) in [5.74, 6) is -2.94. The van der Waals surface area contributed by atoms with Crippen LogP contribution >= 0.6 is 0 Å². The lowest BCUT2D eigenvalue weighted by atomic mass is 9.82. The van der Waals surface area contributed by atoms with Gasteiger partial charge in [-0.25, -0.2) is 0 Å². The van der Waals surface area contributed by atoms with Crippen LogP contribution in [0.2, 0.25) is 0 Å². The fourth-order valence-corrected chi connectivity index (χ4v) is 8.95. The van der Waals surface area contributed by atoms with E-state index in [1.165, 1.54) is 14.2 Å². The predicted octanol–water partition coefficient (Wildman–Crippen LogP) is 8.22. The minimum Gasteiger partial charge on any atom is -0.387 e. The molecule has 15 heteroatoms. The number of fused-ring (bicyclic) bond motifs is 1. The van der Waals surface area contributed by atoms with Crippen molar-refractivity contribution >= 4 is 0 Å². The topological polar surface area (TPSA) is 171 Å². The Morgan fingerprint density at radius 3 is 1.34 bits per heavy atom. The summed E-state index contributed by atoms with van der Waals surface area (Å²) >= 11 is 0. The molecule has 0 unspecified atom stereocenters. The predicted molar refractivity (Wildman–Crippen MR) is 249 cm³/mol. The van der Waals surface area contributed by atoms with Crippen LogP contribution in [0.25, 0.3) is 10.4 Å². The zero-order valence-corrected chi connectivity index (χ0v) is 38.8. The monoisotopic (exact) mass is 931 g/mol. The Labute approximate surface area is 397 Å². The van der Waals surface area contributed by atoms with Crippen LogP contribution in [0, 0.1) is 0 Å². The van der Waals surface area contributed by atoms with Crippen LogP contribution in [-0.4, -0.2) is 105 Å². The molecule has 3 fully saturated rings. The molecule has 2 aliphatic heterocycles. The van der Waals surface area contributed by atoms with E-state index in [9.17, 15) is 10.6 Å². The van der Waals surface area contributed by atoms with E-state index in [1.54, 1.807) is 13.8 Å². The summed E-state index contributed by atoms with van der Waals surface area (Å²) in [6.45, 7) is 4.30. The van der Waals surface area contributed by atoms with Gasteiger partial charge in [-0.2, -0.15) is 0 Å². The van der Waals surface area contributed by atoms with Crippen molar-refractivity contribution < 1.29 is 57.2 Å². The zero-order chi connectivity index (χ0) is 47.4. The SMILES string of the molecule is CO[C@@]1(C)O[C@@H]2[C@@H](OCc3ccccc3)[C@@H](O[C@H]3O[C@H](COCc4ccccc4)[C@@H](OCc4ccccc4)[C@H](OCc4ccccc4)[C@H]3N=[N+]=[N-])[C@H](O)[C@H](OCc3ccccc3)[C@H]2O[C@]1(C)OC. The first-order valence-corrected chi connectivity index (χ1v) is 23.0. The molecule has 0 aromatic heterocycles. The van der Waals surface area contributed by atoms with Gasteiger partial charge in [0.15, 0.2) is 6.29 Å². The van der Waals surface area contributed by atoms with Crippen molar-refractivity contribution in [3.63, 3.8) is 0 Å². The fraction of sp³-hybridized carbons (Fsp3) is 0.434. The van der Waals surface area contributed by atoms with Gasteiger partial charge in [-0.1, -0.05) is 157 Å². The van der Waals surface area contributed by atoms with Crippen molar-refractivity contribution in [1.82, 2.24) is 0 Å². The van der Waals surface area contributed by atoms with Gasteiger partial charge in [-0.15, -0.1) is 0 Å². The number of rotatable bonds is 21. The van der Waals surface area contributed by atoms with Gasteiger partial charge in [0.25, 0.3) is 0 Å². The second kappa shape index (κ2) is 23.5. The Morgan fingerprint density at radius 1 is 0.529 bits per heavy atom. The van der Waals surface area contributed by atoms with Gasteiger partial charge in [0.1, 0.15) is 61.0 Å². The Balaban J connectivity index is 1.18. The highest BCUT2D eigenvalue weighted by Gasteiger charge is 2.65. The lowest BCUT2D eigenvalue weighted by molar-refractivity contribution is -0.475. The van der Waals surface area contributed by atoms with Crippen molar-refractivity contribution in [3.05, 3.63) is 190 Å². The van der Waals surface area contributed by atoms with Gasteiger partial charge in [0.2, 0.25) is 11.6 Å². The Hall–Kier alpha value is -5.07. The maximum Gasteiger partial charge on any atom is 0.220 e. The summed E-state index contributed by atoms with van der Waals surface area (Å²) in [7, 11) is 3.00. The molecule has 0 radical (unpaired) electrons. The molecular weight excluding hydrogens is 871 g/mol. The van der Waals surface area contributed by atoms with Crippen LogP contribution in [0.5, 0.6) is 0 Å². The highest BCUT2D eigenvalue weighted by molar-refractivity contribution is 5.18. The smallest absolute Gasteiger partial charge is 0.220 e. The average Bonchev–Trinajstić information content (AvgIpc) is 3.38. The lowest BCUT2D eigenvalue weighted by Gasteiger charge is -2.58. The largest absolute Gasteiger partial charge is 0.387 e. The number of hydrogen-bond acceptors (Lipinski definition) is 13. The highest BCUT2D eigenvalue weighted by atomic mass is 16.8. The van der Waals surface area contributed by atoms with E-state index in [1.807, 2.05) is 152 Å². The molecule has 0 amide bonds. The van der Waals surface area contributed by atoms with E-state index in [2.05, 4.69) is 10.0 Å². The molecule has 13 atom stereocenters. The van der Waals surface area contributed by atoms with Crippen LogP contribution in [0.3, 0.4) is 0 Å². The average molecular weight is 932 g/mol. The van der Waals surface area contributed by atoms with Crippen molar-refractivity contribution in [2.24, 2.45) is 5.11 Å². The van der Waals surface area contributed by atoms with Crippen LogP contribution in [-0.2, 0) is 85.1 Å². The van der Waals surface area contributed by atoms with Gasteiger partial charge >= 0.3 is 0 Å². The molecular formula is C53H61N3O12. The molecule has 2 saturated heterocycles. The van der Waals surface area contributed by atoms with E-state index in [-0.39, 0.29) is 39.6 Å². The van der Waals surface area contributed by atoms with E-state index in [0.717, 1.165) is 27.8 Å². The fourth-order valence-electron chi connectivity index (χ4n) is 8.95. The second-order valence-corrected chi connectivity index (χ2v) is 17.3. The van der Waals surface area contributed by atoms with Gasteiger partial charge in [-0.05, 0) is 47.2 Å². The number of benzene rings is 5. The summed E-state index contributed by atoms with van der Waals surface area (Å²) in [6.07, 6.45) is -10.8. The molecule has 5 aromatic carbocycles. The highest BCUT2D eigenvalue weighted by Crippen LogP contribution is 2.46. The standard InChI is InChI=1S/C53H61N3O12/c1-52(58-3)53(2,59-4)68-50-48(64-34-40-28-18-9-19-29-40)47(43(57)46(49(50)67-52)63-33-39-26-16-8-17-27-39)66-51-42(55-56-54)45(62-32-38-24-14-7-15-25-38)44(61-31-37-22-12-6-13-23-37)41(65-51)35-60-30-36-20-10-5-11-21-36/h5-29,41-51,57H,30-35H2,1-4H3/t41-,42-,43-,44-,45-,46+,47+,48+,49-,50-,51-,52+,53+/m1/s1. The molecule has 2 heterocycles. The molecule has 68 heavy (non-hydrogen) atoms. The number of methoxy groups -OCH3 is 2. The molecule has 0 bridgehead atoms. The third-order valence-electron chi connectivity index (χ3n) is 12.9. The Morgan fingerprint density at radius 2 is 0.912 bits per heavy atom. The minimum absolute atomic E-state index is 0.0375. The number of aliphatic hydroxyl groups is 1. The number of aliphatic hydroxyl groups excluding tert-OH is 1. The maximum absolute atomic E-state index is 12.8. The molecule has 5 aromatic rings. The summed E-state index contributed by atoms with van der Waals surface area (Å²) in [4.78, 5) is 3.31. The first kappa shape index (κ1) is 49.4. The normalized spacial score (nSPS) is 31.3. The molecule has 15 nitrogen and oxygen atoms in total. The molecule has 360 valence electrons. The molecule has 1 aliphatic carbocycles. The summed E-state index contributed by atoms with van der Waals surface area (Å²) in [5, 5.41) is 17.1. The number of ether oxygens (including phenoxy) is 11. The first-order chi connectivity index (χ1) is 33.2. The van der Waals surface area contributed by atoms with E-state index in [4.69, 9.17) is 52.1 Å². The lowest BCUT2D eigenvalue weighted by Crippen LogP contribution is -2.76. The number of hydrogen-bond donors (Lipinski definition) is 1. The van der Waals surface area contributed by atoms with Crippen LogP contribution in [0.4, 0.5) is 0 Å². The van der Waals surface area contributed by atoms with Gasteiger partial charge in [0.05, 0.1) is 39.6 Å². The molecule has 0 spiro atoms. The van der Waals surface area contributed by atoms with Crippen molar-refractivity contribution in [2.75, 3.05) is 20.8 Å². The third-order valence-corrected chi connectivity index (χ3v) is 12.9. The van der Waals surface area contributed by atoms with Gasteiger partial charge in [0, 0.05) is 19.1 Å². The van der Waals surface area contributed by atoms with Crippen molar-refractivity contribution in [3.8, 4) is 0 Å². The second-order valence-electron chi connectivity index (χ2n) is 17.3. The first-order valence-electron chi connectivity index (χ1n) is 23.0. The van der Waals surface area contributed by atoms with E-state index < -0.39 is 78.8 Å². The molecule has 3 aliphatic rings. The maximum atomic E-state index is 12.8. The van der Waals surface area contributed by atoms with Crippen molar-refractivity contribution in [1.29, 1.82) is 0 Å². The van der Waals surface area contributed by atoms with Gasteiger partial charge in [-0.3, -0.25) is 0 Å². The summed E-state index contributed by atoms with van der Waals surface area (Å²) in [5.41, 5.74) is 14.8.